The number of nitrogens with one attached hydrogen (secondary N) is 2. The molecule has 0 aliphatic carbocycles. The Balaban J connectivity index is 2.26. The number of phenols is 1. The number of amides is 2. The third kappa shape index (κ3) is 4.67. The van der Waals surface area contributed by atoms with Gasteiger partial charge in [-0.3, -0.25) is 9.59 Å². The molecule has 0 radical (unpaired) electrons. The van der Waals surface area contributed by atoms with Gasteiger partial charge in [0.15, 0.2) is 0 Å². The molecule has 0 saturated heterocycles. The fraction of sp³-hybridized carbons (Fsp3) is 0.364. The SMILES string of the molecule is Cc1cc(C)c(NC(=O)C(=O)Nc2cc(C)cc(C(C)(C)C)c2O)c(C)c1. The molecule has 0 aliphatic rings. The first-order valence-corrected chi connectivity index (χ1v) is 8.94. The summed E-state index contributed by atoms with van der Waals surface area (Å²) in [4.78, 5) is 24.8. The number of hydrogen-bond donors (Lipinski definition) is 3. The average molecular weight is 368 g/mol. The van der Waals surface area contributed by atoms with Gasteiger partial charge in [-0.15, -0.1) is 0 Å². The van der Waals surface area contributed by atoms with Crippen LogP contribution >= 0.6 is 0 Å². The van der Waals surface area contributed by atoms with Crippen molar-refractivity contribution in [3.05, 3.63) is 52.1 Å². The Hall–Kier alpha value is -2.82. The van der Waals surface area contributed by atoms with Crippen LogP contribution in [0.1, 0.15) is 48.6 Å². The summed E-state index contributed by atoms with van der Waals surface area (Å²) in [7, 11) is 0. The molecule has 0 bridgehead atoms. The van der Waals surface area contributed by atoms with Crippen LogP contribution in [0.2, 0.25) is 0 Å². The van der Waals surface area contributed by atoms with E-state index in [1.807, 2.05) is 66.7 Å². The number of benzene rings is 2. The molecule has 0 aliphatic heterocycles. The molecule has 0 aromatic heterocycles. The van der Waals surface area contributed by atoms with E-state index < -0.39 is 11.8 Å². The Labute approximate surface area is 160 Å². The fourth-order valence-corrected chi connectivity index (χ4v) is 3.17. The molecule has 5 heteroatoms. The van der Waals surface area contributed by atoms with Crippen molar-refractivity contribution in [2.75, 3.05) is 10.6 Å². The third-order valence-corrected chi connectivity index (χ3v) is 4.43. The number of carbonyl (C=O) groups excluding carboxylic acids is 2. The zero-order valence-corrected chi connectivity index (χ0v) is 17.1. The smallest absolute Gasteiger partial charge is 0.314 e. The minimum atomic E-state index is -0.824. The van der Waals surface area contributed by atoms with Crippen LogP contribution in [0.3, 0.4) is 0 Å². The minimum absolute atomic E-state index is 0.0167. The van der Waals surface area contributed by atoms with E-state index in [1.165, 1.54) is 0 Å². The number of anilines is 2. The predicted octanol–water partition coefficient (Wildman–Crippen LogP) is 4.50. The average Bonchev–Trinajstić information content (AvgIpc) is 2.52. The lowest BCUT2D eigenvalue weighted by molar-refractivity contribution is -0.133. The number of phenolic OH excluding ortho intramolecular Hbond substituents is 1. The molecule has 2 aromatic rings. The Morgan fingerprint density at radius 2 is 1.30 bits per heavy atom. The van der Waals surface area contributed by atoms with Crippen molar-refractivity contribution in [3.8, 4) is 5.75 Å². The molecule has 3 N–H and O–H groups in total. The van der Waals surface area contributed by atoms with Gasteiger partial charge in [0.25, 0.3) is 0 Å². The van der Waals surface area contributed by atoms with Gasteiger partial charge in [0.1, 0.15) is 5.75 Å². The van der Waals surface area contributed by atoms with E-state index in [1.54, 1.807) is 6.07 Å². The molecule has 0 fully saturated rings. The highest BCUT2D eigenvalue weighted by molar-refractivity contribution is 6.44. The number of rotatable bonds is 2. The quantitative estimate of drug-likeness (QED) is 0.539. The molecule has 0 unspecified atom stereocenters. The summed E-state index contributed by atoms with van der Waals surface area (Å²) >= 11 is 0. The maximum absolute atomic E-state index is 12.4. The number of aromatic hydroxyl groups is 1. The molecule has 5 nitrogen and oxygen atoms in total. The van der Waals surface area contributed by atoms with Crippen molar-refractivity contribution >= 4 is 23.2 Å². The van der Waals surface area contributed by atoms with Gasteiger partial charge >= 0.3 is 11.8 Å². The molecule has 144 valence electrons. The summed E-state index contributed by atoms with van der Waals surface area (Å²) in [5.41, 5.74) is 5.04. The number of aryl methyl sites for hydroxylation is 4. The van der Waals surface area contributed by atoms with Crippen LogP contribution in [0.15, 0.2) is 24.3 Å². The summed E-state index contributed by atoms with van der Waals surface area (Å²) in [5.74, 6) is -1.62. The summed E-state index contributed by atoms with van der Waals surface area (Å²) in [6.45, 7) is 13.5. The molecule has 2 amide bonds. The molecule has 0 heterocycles. The van der Waals surface area contributed by atoms with E-state index in [0.717, 1.165) is 22.3 Å². The van der Waals surface area contributed by atoms with Crippen molar-refractivity contribution in [2.45, 2.75) is 53.9 Å². The molecular weight excluding hydrogens is 340 g/mol. The van der Waals surface area contributed by atoms with Crippen LogP contribution < -0.4 is 10.6 Å². The predicted molar refractivity (Wildman–Crippen MR) is 109 cm³/mol. The van der Waals surface area contributed by atoms with E-state index >= 15 is 0 Å². The lowest BCUT2D eigenvalue weighted by atomic mass is 9.85. The van der Waals surface area contributed by atoms with Crippen LogP contribution in [0.4, 0.5) is 11.4 Å². The molecule has 2 rings (SSSR count). The lowest BCUT2D eigenvalue weighted by Gasteiger charge is -2.23. The van der Waals surface area contributed by atoms with E-state index in [-0.39, 0.29) is 16.9 Å². The Bertz CT molecular complexity index is 885. The van der Waals surface area contributed by atoms with Gasteiger partial charge in [-0.05, 0) is 55.9 Å². The molecule has 0 saturated carbocycles. The van der Waals surface area contributed by atoms with Crippen LogP contribution in [0.25, 0.3) is 0 Å². The summed E-state index contributed by atoms with van der Waals surface area (Å²) < 4.78 is 0. The van der Waals surface area contributed by atoms with Crippen molar-refractivity contribution < 1.29 is 14.7 Å². The van der Waals surface area contributed by atoms with Crippen LogP contribution in [-0.2, 0) is 15.0 Å². The van der Waals surface area contributed by atoms with Crippen molar-refractivity contribution in [3.63, 3.8) is 0 Å². The standard InChI is InChI=1S/C22H28N2O3/c1-12-8-14(3)18(15(4)9-12)24-21(27)20(26)23-17-11-13(2)10-16(19(17)25)22(5,6)7/h8-11,25H,1-7H3,(H,23,26)(H,24,27). The topological polar surface area (TPSA) is 78.4 Å². The van der Waals surface area contributed by atoms with E-state index in [9.17, 15) is 14.7 Å². The third-order valence-electron chi connectivity index (χ3n) is 4.43. The van der Waals surface area contributed by atoms with E-state index in [4.69, 9.17) is 0 Å². The molecule has 27 heavy (non-hydrogen) atoms. The highest BCUT2D eigenvalue weighted by atomic mass is 16.3. The minimum Gasteiger partial charge on any atom is -0.505 e. The largest absolute Gasteiger partial charge is 0.505 e. The van der Waals surface area contributed by atoms with Crippen LogP contribution in [-0.4, -0.2) is 16.9 Å². The normalized spacial score (nSPS) is 11.2. The first-order chi connectivity index (χ1) is 12.4. The van der Waals surface area contributed by atoms with E-state index in [2.05, 4.69) is 10.6 Å². The summed E-state index contributed by atoms with van der Waals surface area (Å²) in [6, 6.07) is 7.42. The summed E-state index contributed by atoms with van der Waals surface area (Å²) in [6.07, 6.45) is 0. The van der Waals surface area contributed by atoms with Gasteiger partial charge < -0.3 is 15.7 Å². The number of carbonyl (C=O) groups is 2. The Morgan fingerprint density at radius 1 is 0.815 bits per heavy atom. The highest BCUT2D eigenvalue weighted by Crippen LogP contribution is 2.37. The van der Waals surface area contributed by atoms with Gasteiger partial charge in [-0.25, -0.2) is 0 Å². The first-order valence-electron chi connectivity index (χ1n) is 8.94. The monoisotopic (exact) mass is 368 g/mol. The zero-order chi connectivity index (χ0) is 20.5. The van der Waals surface area contributed by atoms with Gasteiger partial charge in [-0.2, -0.15) is 0 Å². The van der Waals surface area contributed by atoms with Gasteiger partial charge in [0.2, 0.25) is 0 Å². The van der Waals surface area contributed by atoms with E-state index in [0.29, 0.717) is 11.3 Å². The molecule has 0 spiro atoms. The lowest BCUT2D eigenvalue weighted by Crippen LogP contribution is -2.30. The second kappa shape index (κ2) is 7.43. The Morgan fingerprint density at radius 3 is 1.81 bits per heavy atom. The molecule has 2 aromatic carbocycles. The second-order valence-corrected chi connectivity index (χ2v) is 8.14. The number of hydrogen-bond acceptors (Lipinski definition) is 3. The fourth-order valence-electron chi connectivity index (χ4n) is 3.17. The van der Waals surface area contributed by atoms with Gasteiger partial charge in [-0.1, -0.05) is 44.5 Å². The summed E-state index contributed by atoms with van der Waals surface area (Å²) in [5, 5.41) is 15.7. The van der Waals surface area contributed by atoms with Gasteiger partial charge in [0, 0.05) is 11.3 Å². The highest BCUT2D eigenvalue weighted by Gasteiger charge is 2.23. The van der Waals surface area contributed by atoms with Crippen LogP contribution in [0.5, 0.6) is 5.75 Å². The molecular formula is C22H28N2O3. The van der Waals surface area contributed by atoms with Crippen molar-refractivity contribution in [1.82, 2.24) is 0 Å². The maximum Gasteiger partial charge on any atom is 0.314 e. The maximum atomic E-state index is 12.4. The second-order valence-electron chi connectivity index (χ2n) is 8.14. The zero-order valence-electron chi connectivity index (χ0n) is 17.1. The van der Waals surface area contributed by atoms with Crippen molar-refractivity contribution in [2.24, 2.45) is 0 Å². The molecule has 0 atom stereocenters. The van der Waals surface area contributed by atoms with Crippen LogP contribution in [0, 0.1) is 27.7 Å². The Kier molecular flexibility index (Phi) is 5.64. The van der Waals surface area contributed by atoms with Crippen molar-refractivity contribution in [1.29, 1.82) is 0 Å². The van der Waals surface area contributed by atoms with Gasteiger partial charge in [0.05, 0.1) is 5.69 Å². The first kappa shape index (κ1) is 20.5.